The largest absolute Gasteiger partial charge is 0.326 e. The number of carbonyl (C=O) groups is 2. The third-order valence-corrected chi connectivity index (χ3v) is 7.08. The lowest BCUT2D eigenvalue weighted by molar-refractivity contribution is -0.133. The van der Waals surface area contributed by atoms with Crippen LogP contribution in [0.2, 0.25) is 0 Å². The molecule has 0 radical (unpaired) electrons. The van der Waals surface area contributed by atoms with Gasteiger partial charge in [-0.05, 0) is 24.3 Å². The fourth-order valence-corrected chi connectivity index (χ4v) is 5.31. The van der Waals surface area contributed by atoms with Crippen LogP contribution in [-0.2, 0) is 11.3 Å². The molecule has 6 nitrogen and oxygen atoms in total. The monoisotopic (exact) mass is 390 g/mol. The molecule has 3 aliphatic rings. The molecule has 2 saturated heterocycles. The number of hydrogen-bond acceptors (Lipinski definition) is 5. The maximum atomic E-state index is 13.1. The first-order valence-corrected chi connectivity index (χ1v) is 11.2. The van der Waals surface area contributed by atoms with Gasteiger partial charge in [0.05, 0.1) is 6.67 Å². The minimum atomic E-state index is -0.626. The maximum absolute atomic E-state index is 13.1. The van der Waals surface area contributed by atoms with Gasteiger partial charge in [0, 0.05) is 37.6 Å². The summed E-state index contributed by atoms with van der Waals surface area (Å²) in [5, 5.41) is 5.19. The molecular formula is C20H30N4O2S. The minimum Gasteiger partial charge on any atom is -0.323 e. The normalized spacial score (nSPS) is 24.8. The van der Waals surface area contributed by atoms with Crippen molar-refractivity contribution in [3.05, 3.63) is 22.4 Å². The van der Waals surface area contributed by atoms with Crippen molar-refractivity contribution in [2.24, 2.45) is 0 Å². The maximum Gasteiger partial charge on any atom is 0.326 e. The van der Waals surface area contributed by atoms with Crippen LogP contribution in [0.4, 0.5) is 4.79 Å². The van der Waals surface area contributed by atoms with Crippen LogP contribution in [0.15, 0.2) is 17.5 Å². The number of carbonyl (C=O) groups excluding carboxylic acids is 2. The highest BCUT2D eigenvalue weighted by Crippen LogP contribution is 2.32. The summed E-state index contributed by atoms with van der Waals surface area (Å²) in [7, 11) is 0. The van der Waals surface area contributed by atoms with Crippen LogP contribution in [0.3, 0.4) is 0 Å². The van der Waals surface area contributed by atoms with Crippen molar-refractivity contribution >= 4 is 23.3 Å². The van der Waals surface area contributed by atoms with E-state index in [1.807, 2.05) is 0 Å². The number of imide groups is 1. The molecule has 2 aliphatic heterocycles. The summed E-state index contributed by atoms with van der Waals surface area (Å²) in [5.41, 5.74) is -0.626. The van der Waals surface area contributed by atoms with E-state index in [9.17, 15) is 9.59 Å². The van der Waals surface area contributed by atoms with Crippen molar-refractivity contribution in [3.63, 3.8) is 0 Å². The topological polar surface area (TPSA) is 55.9 Å². The van der Waals surface area contributed by atoms with Gasteiger partial charge < -0.3 is 5.32 Å². The molecule has 1 aliphatic carbocycles. The van der Waals surface area contributed by atoms with Crippen molar-refractivity contribution in [3.8, 4) is 0 Å². The number of nitrogens with zero attached hydrogens (tertiary/aromatic N) is 3. The predicted octanol–water partition coefficient (Wildman–Crippen LogP) is 2.86. The lowest BCUT2D eigenvalue weighted by atomic mass is 9.84. The van der Waals surface area contributed by atoms with Crippen LogP contribution in [-0.4, -0.2) is 65.0 Å². The van der Waals surface area contributed by atoms with E-state index in [-0.39, 0.29) is 11.9 Å². The number of hydrogen-bond donors (Lipinski definition) is 1. The molecule has 1 aromatic heterocycles. The molecule has 27 heavy (non-hydrogen) atoms. The Morgan fingerprint density at radius 2 is 1.63 bits per heavy atom. The van der Waals surface area contributed by atoms with E-state index >= 15 is 0 Å². The molecule has 4 rings (SSSR count). The highest BCUT2D eigenvalue weighted by Gasteiger charge is 2.50. The molecule has 3 heterocycles. The Morgan fingerprint density at radius 3 is 2.30 bits per heavy atom. The van der Waals surface area contributed by atoms with E-state index < -0.39 is 5.54 Å². The van der Waals surface area contributed by atoms with Gasteiger partial charge >= 0.3 is 6.03 Å². The van der Waals surface area contributed by atoms with Gasteiger partial charge in [-0.25, -0.2) is 9.69 Å². The van der Waals surface area contributed by atoms with Crippen molar-refractivity contribution in [2.75, 3.05) is 32.8 Å². The summed E-state index contributed by atoms with van der Waals surface area (Å²) in [4.78, 5) is 33.2. The van der Waals surface area contributed by atoms with Crippen LogP contribution >= 0.6 is 11.3 Å². The quantitative estimate of drug-likeness (QED) is 0.804. The van der Waals surface area contributed by atoms with Gasteiger partial charge in [0.15, 0.2) is 0 Å². The Kier molecular flexibility index (Phi) is 5.80. The fraction of sp³-hybridized carbons (Fsp3) is 0.700. The second kappa shape index (κ2) is 8.29. The predicted molar refractivity (Wildman–Crippen MR) is 106 cm³/mol. The Labute approximate surface area is 165 Å². The number of thiophene rings is 1. The van der Waals surface area contributed by atoms with E-state index in [0.29, 0.717) is 6.67 Å². The molecule has 7 heteroatoms. The second-order valence-electron chi connectivity index (χ2n) is 8.13. The third-order valence-electron chi connectivity index (χ3n) is 6.22. The van der Waals surface area contributed by atoms with Crippen LogP contribution in [0, 0.1) is 0 Å². The molecule has 1 saturated carbocycles. The molecular weight excluding hydrogens is 360 g/mol. The molecule has 1 N–H and O–H groups in total. The summed E-state index contributed by atoms with van der Waals surface area (Å²) >= 11 is 1.80. The SMILES string of the molecule is O=C1NC2(CCCCCCC2)C(=O)N1CN1CCN(Cc2cccs2)CC1. The first-order chi connectivity index (χ1) is 13.2. The molecule has 148 valence electrons. The summed E-state index contributed by atoms with van der Waals surface area (Å²) in [6.45, 7) is 5.18. The number of urea groups is 1. The fourth-order valence-electron chi connectivity index (χ4n) is 4.56. The summed E-state index contributed by atoms with van der Waals surface area (Å²) < 4.78 is 0. The third kappa shape index (κ3) is 4.20. The molecule has 1 spiro atoms. The smallest absolute Gasteiger partial charge is 0.323 e. The standard InChI is InChI=1S/C20H30N4O2S/c25-18-20(8-4-2-1-3-5-9-20)21-19(26)24(18)16-23-12-10-22(11-13-23)15-17-7-6-14-27-17/h6-7,14H,1-5,8-13,15-16H2,(H,21,26). The Bertz CT molecular complexity index is 647. The highest BCUT2D eigenvalue weighted by atomic mass is 32.1. The minimum absolute atomic E-state index is 0.00964. The molecule has 0 atom stereocenters. The van der Waals surface area contributed by atoms with Crippen LogP contribution < -0.4 is 5.32 Å². The first kappa shape index (κ1) is 18.9. The van der Waals surface area contributed by atoms with Gasteiger partial charge in [-0.3, -0.25) is 14.6 Å². The van der Waals surface area contributed by atoms with E-state index in [1.54, 1.807) is 11.3 Å². The molecule has 0 aromatic carbocycles. The number of nitrogens with one attached hydrogen (secondary N) is 1. The lowest BCUT2D eigenvalue weighted by Gasteiger charge is -2.36. The number of piperazine rings is 1. The van der Waals surface area contributed by atoms with E-state index in [1.165, 1.54) is 16.2 Å². The molecule has 1 aromatic rings. The van der Waals surface area contributed by atoms with Gasteiger partial charge in [0.2, 0.25) is 0 Å². The van der Waals surface area contributed by atoms with E-state index in [4.69, 9.17) is 0 Å². The van der Waals surface area contributed by atoms with Crippen LogP contribution in [0.5, 0.6) is 0 Å². The number of rotatable bonds is 4. The van der Waals surface area contributed by atoms with Gasteiger partial charge in [-0.15, -0.1) is 11.3 Å². The average Bonchev–Trinajstić information content (AvgIpc) is 3.23. The van der Waals surface area contributed by atoms with Crippen molar-refractivity contribution in [1.29, 1.82) is 0 Å². The molecule has 0 unspecified atom stereocenters. The van der Waals surface area contributed by atoms with Crippen molar-refractivity contribution < 1.29 is 9.59 Å². The summed E-state index contributed by atoms with van der Waals surface area (Å²) in [6, 6.07) is 4.08. The van der Waals surface area contributed by atoms with E-state index in [2.05, 4.69) is 32.6 Å². The zero-order valence-electron chi connectivity index (χ0n) is 16.0. The van der Waals surface area contributed by atoms with Crippen molar-refractivity contribution in [2.45, 2.75) is 57.0 Å². The average molecular weight is 391 g/mol. The van der Waals surface area contributed by atoms with Crippen LogP contribution in [0.1, 0.15) is 49.8 Å². The lowest BCUT2D eigenvalue weighted by Crippen LogP contribution is -2.52. The van der Waals surface area contributed by atoms with Gasteiger partial charge in [-0.2, -0.15) is 0 Å². The highest BCUT2D eigenvalue weighted by molar-refractivity contribution is 7.09. The zero-order chi connectivity index (χ0) is 18.7. The first-order valence-electron chi connectivity index (χ1n) is 10.3. The van der Waals surface area contributed by atoms with Gasteiger partial charge in [0.1, 0.15) is 5.54 Å². The van der Waals surface area contributed by atoms with Gasteiger partial charge in [0.25, 0.3) is 5.91 Å². The Hall–Kier alpha value is -1.44. The zero-order valence-corrected chi connectivity index (χ0v) is 16.8. The van der Waals surface area contributed by atoms with Gasteiger partial charge in [-0.1, -0.05) is 38.2 Å². The Morgan fingerprint density at radius 1 is 0.963 bits per heavy atom. The Balaban J connectivity index is 1.31. The molecule has 3 fully saturated rings. The second-order valence-corrected chi connectivity index (χ2v) is 9.16. The summed E-state index contributed by atoms with van der Waals surface area (Å²) in [6.07, 6.45) is 7.22. The summed E-state index contributed by atoms with van der Waals surface area (Å²) in [5.74, 6) is 0.00964. The van der Waals surface area contributed by atoms with Crippen molar-refractivity contribution in [1.82, 2.24) is 20.0 Å². The molecule has 3 amide bonds. The van der Waals surface area contributed by atoms with Crippen LogP contribution in [0.25, 0.3) is 0 Å². The molecule has 0 bridgehead atoms. The number of amides is 3. The van der Waals surface area contributed by atoms with E-state index in [0.717, 1.165) is 71.2 Å².